The summed E-state index contributed by atoms with van der Waals surface area (Å²) < 4.78 is 7.15. The third-order valence-electron chi connectivity index (χ3n) is 4.63. The van der Waals surface area contributed by atoms with Crippen molar-refractivity contribution in [2.75, 3.05) is 7.05 Å². The van der Waals surface area contributed by atoms with Crippen LogP contribution in [0.4, 0.5) is 0 Å². The molecule has 2 atom stereocenters. The molecule has 3 rings (SSSR count). The Balaban J connectivity index is 1.74. The van der Waals surface area contributed by atoms with Crippen molar-refractivity contribution < 1.29 is 4.74 Å². The molecule has 0 aliphatic heterocycles. The van der Waals surface area contributed by atoms with Gasteiger partial charge in [-0.3, -0.25) is 4.98 Å². The van der Waals surface area contributed by atoms with E-state index in [2.05, 4.69) is 33.3 Å². The van der Waals surface area contributed by atoms with Crippen LogP contribution in [0.2, 0.25) is 0 Å². The van der Waals surface area contributed by atoms with Gasteiger partial charge in [0.05, 0.1) is 6.20 Å². The lowest BCUT2D eigenvalue weighted by atomic mass is 9.60. The number of aromatic nitrogens is 1. The lowest BCUT2D eigenvalue weighted by molar-refractivity contribution is -0.0738. The summed E-state index contributed by atoms with van der Waals surface area (Å²) in [6, 6.07) is 2.63. The molecule has 4 heteroatoms. The van der Waals surface area contributed by atoms with Gasteiger partial charge in [-0.2, -0.15) is 0 Å². The summed E-state index contributed by atoms with van der Waals surface area (Å²) in [7, 11) is 2.07. The largest absolute Gasteiger partial charge is 0.488 e. The first-order valence-corrected chi connectivity index (χ1v) is 7.48. The van der Waals surface area contributed by atoms with E-state index >= 15 is 0 Å². The highest BCUT2D eigenvalue weighted by molar-refractivity contribution is 9.10. The molecule has 2 fully saturated rings. The Bertz CT molecular complexity index is 432. The van der Waals surface area contributed by atoms with Crippen LogP contribution in [0.3, 0.4) is 0 Å². The van der Waals surface area contributed by atoms with E-state index in [1.54, 1.807) is 12.4 Å². The number of ether oxygens (including phenoxy) is 1. The average molecular weight is 311 g/mol. The molecule has 18 heavy (non-hydrogen) atoms. The van der Waals surface area contributed by atoms with E-state index < -0.39 is 0 Å². The fraction of sp³-hybridized carbons (Fsp3) is 0.643. The van der Waals surface area contributed by atoms with Gasteiger partial charge in [0, 0.05) is 28.5 Å². The van der Waals surface area contributed by atoms with Gasteiger partial charge in [0.15, 0.2) is 0 Å². The summed E-state index contributed by atoms with van der Waals surface area (Å²) in [5.74, 6) is 0.884. The van der Waals surface area contributed by atoms with Crippen molar-refractivity contribution in [3.63, 3.8) is 0 Å². The lowest BCUT2D eigenvalue weighted by Gasteiger charge is -2.53. The van der Waals surface area contributed by atoms with Crippen LogP contribution in [-0.2, 0) is 0 Å². The van der Waals surface area contributed by atoms with Crippen molar-refractivity contribution in [2.24, 2.45) is 5.41 Å². The maximum atomic E-state index is 6.17. The molecule has 1 aromatic rings. The van der Waals surface area contributed by atoms with E-state index in [0.717, 1.165) is 16.6 Å². The molecule has 2 aliphatic carbocycles. The molecule has 98 valence electrons. The smallest absolute Gasteiger partial charge is 0.139 e. The zero-order valence-corrected chi connectivity index (χ0v) is 12.2. The molecule has 1 spiro atoms. The third-order valence-corrected chi connectivity index (χ3v) is 5.06. The summed E-state index contributed by atoms with van der Waals surface area (Å²) in [5.41, 5.74) is 0.372. The molecule has 2 aliphatic rings. The van der Waals surface area contributed by atoms with E-state index in [1.165, 1.54) is 25.7 Å². The summed E-state index contributed by atoms with van der Waals surface area (Å²) in [6.45, 7) is 0. The van der Waals surface area contributed by atoms with Gasteiger partial charge in [-0.1, -0.05) is 12.8 Å². The van der Waals surface area contributed by atoms with Crippen LogP contribution >= 0.6 is 15.9 Å². The van der Waals surface area contributed by atoms with Gasteiger partial charge in [0.25, 0.3) is 0 Å². The van der Waals surface area contributed by atoms with Crippen LogP contribution in [0.25, 0.3) is 0 Å². The van der Waals surface area contributed by atoms with Gasteiger partial charge >= 0.3 is 0 Å². The number of pyridine rings is 1. The van der Waals surface area contributed by atoms with Crippen LogP contribution in [0.5, 0.6) is 5.75 Å². The normalized spacial score (nSPS) is 29.2. The highest BCUT2D eigenvalue weighted by Crippen LogP contribution is 2.54. The molecule has 1 aromatic heterocycles. The van der Waals surface area contributed by atoms with E-state index in [0.29, 0.717) is 17.6 Å². The zero-order valence-electron chi connectivity index (χ0n) is 10.7. The predicted octanol–water partition coefficient (Wildman–Crippen LogP) is 3.14. The topological polar surface area (TPSA) is 34.1 Å². The Hall–Kier alpha value is -0.610. The van der Waals surface area contributed by atoms with Gasteiger partial charge in [0.2, 0.25) is 0 Å². The molecule has 1 N–H and O–H groups in total. The van der Waals surface area contributed by atoms with Crippen molar-refractivity contribution in [2.45, 2.75) is 44.2 Å². The maximum absolute atomic E-state index is 6.17. The Morgan fingerprint density at radius 1 is 1.39 bits per heavy atom. The number of nitrogens with zero attached hydrogens (tertiary/aromatic N) is 1. The quantitative estimate of drug-likeness (QED) is 0.931. The Morgan fingerprint density at radius 3 is 2.83 bits per heavy atom. The van der Waals surface area contributed by atoms with Gasteiger partial charge in [0.1, 0.15) is 11.9 Å². The van der Waals surface area contributed by atoms with Gasteiger partial charge in [-0.05, 0) is 41.9 Å². The van der Waals surface area contributed by atoms with E-state index in [1.807, 2.05) is 6.07 Å². The Morgan fingerprint density at radius 2 is 2.17 bits per heavy atom. The minimum Gasteiger partial charge on any atom is -0.488 e. The minimum absolute atomic E-state index is 0.355. The summed E-state index contributed by atoms with van der Waals surface area (Å²) >= 11 is 3.44. The second kappa shape index (κ2) is 4.82. The third kappa shape index (κ3) is 1.95. The Kier molecular flexibility index (Phi) is 3.32. The van der Waals surface area contributed by atoms with E-state index in [-0.39, 0.29) is 0 Å². The van der Waals surface area contributed by atoms with Crippen LogP contribution in [0.15, 0.2) is 22.9 Å². The molecule has 3 nitrogen and oxygen atoms in total. The van der Waals surface area contributed by atoms with Crippen LogP contribution in [0, 0.1) is 5.41 Å². The van der Waals surface area contributed by atoms with Crippen molar-refractivity contribution in [1.29, 1.82) is 0 Å². The second-order valence-corrected chi connectivity index (χ2v) is 6.38. The fourth-order valence-electron chi connectivity index (χ4n) is 3.64. The molecule has 2 unspecified atom stereocenters. The van der Waals surface area contributed by atoms with Crippen LogP contribution in [0.1, 0.15) is 32.1 Å². The van der Waals surface area contributed by atoms with Crippen molar-refractivity contribution in [1.82, 2.24) is 10.3 Å². The highest BCUT2D eigenvalue weighted by atomic mass is 79.9. The summed E-state index contributed by atoms with van der Waals surface area (Å²) in [4.78, 5) is 4.16. The molecule has 0 aromatic carbocycles. The van der Waals surface area contributed by atoms with Crippen molar-refractivity contribution in [3.8, 4) is 5.75 Å². The highest BCUT2D eigenvalue weighted by Gasteiger charge is 2.57. The number of nitrogens with one attached hydrogen (secondary N) is 1. The first kappa shape index (κ1) is 12.4. The number of rotatable bonds is 3. The molecular weight excluding hydrogens is 292 g/mol. The molecule has 2 saturated carbocycles. The van der Waals surface area contributed by atoms with Gasteiger partial charge < -0.3 is 10.1 Å². The first-order chi connectivity index (χ1) is 8.74. The molecule has 0 amide bonds. The monoisotopic (exact) mass is 310 g/mol. The zero-order chi connectivity index (χ0) is 12.6. The minimum atomic E-state index is 0.355. The van der Waals surface area contributed by atoms with Crippen molar-refractivity contribution >= 4 is 15.9 Å². The van der Waals surface area contributed by atoms with Crippen LogP contribution < -0.4 is 10.1 Å². The molecular formula is C14H19BrN2O. The molecule has 0 radical (unpaired) electrons. The fourth-order valence-corrected chi connectivity index (χ4v) is 3.99. The van der Waals surface area contributed by atoms with Crippen molar-refractivity contribution in [3.05, 3.63) is 22.9 Å². The van der Waals surface area contributed by atoms with E-state index in [9.17, 15) is 0 Å². The molecule has 0 saturated heterocycles. The maximum Gasteiger partial charge on any atom is 0.139 e. The second-order valence-electron chi connectivity index (χ2n) is 5.46. The SMILES string of the molecule is CNC1CC(Oc2cncc(Br)c2)C12CCCC2. The molecule has 1 heterocycles. The van der Waals surface area contributed by atoms with Gasteiger partial charge in [-0.25, -0.2) is 0 Å². The van der Waals surface area contributed by atoms with Crippen LogP contribution in [-0.4, -0.2) is 24.2 Å². The van der Waals surface area contributed by atoms with E-state index in [4.69, 9.17) is 4.74 Å². The lowest BCUT2D eigenvalue weighted by Crippen LogP contribution is -2.63. The standard InChI is InChI=1S/C14H19BrN2O/c1-16-12-7-13(14(12)4-2-3-5-14)18-11-6-10(15)8-17-9-11/h6,8-9,12-13,16H,2-5,7H2,1H3. The predicted molar refractivity (Wildman–Crippen MR) is 74.7 cm³/mol. The average Bonchev–Trinajstić information content (AvgIpc) is 2.86. The van der Waals surface area contributed by atoms with Gasteiger partial charge in [-0.15, -0.1) is 0 Å². The number of halogens is 1. The molecule has 0 bridgehead atoms. The summed E-state index contributed by atoms with van der Waals surface area (Å²) in [5, 5.41) is 3.46. The Labute approximate surface area is 116 Å². The number of hydrogen-bond acceptors (Lipinski definition) is 3. The first-order valence-electron chi connectivity index (χ1n) is 6.69. The number of hydrogen-bond donors (Lipinski definition) is 1. The summed E-state index contributed by atoms with van der Waals surface area (Å²) in [6.07, 6.45) is 10.3.